The molecule has 158 valence electrons. The van der Waals surface area contributed by atoms with E-state index in [1.807, 2.05) is 43.3 Å². The third kappa shape index (κ3) is 5.67. The molecule has 0 aliphatic heterocycles. The molecule has 30 heavy (non-hydrogen) atoms. The van der Waals surface area contributed by atoms with Gasteiger partial charge in [-0.25, -0.2) is 0 Å². The van der Waals surface area contributed by atoms with Crippen LogP contribution in [0, 0.1) is 0 Å². The summed E-state index contributed by atoms with van der Waals surface area (Å²) in [7, 11) is 0. The first-order chi connectivity index (χ1) is 14.3. The fraction of sp³-hybridized carbons (Fsp3) is 0.333. The van der Waals surface area contributed by atoms with Crippen molar-refractivity contribution in [3.63, 3.8) is 0 Å². The number of benzene rings is 2. The van der Waals surface area contributed by atoms with Crippen LogP contribution in [0.2, 0.25) is 5.02 Å². The smallest absolute Gasteiger partial charge is 0.191 e. The van der Waals surface area contributed by atoms with E-state index in [1.165, 1.54) is 5.56 Å². The van der Waals surface area contributed by atoms with E-state index < -0.39 is 0 Å². The lowest BCUT2D eigenvalue weighted by Gasteiger charge is -2.20. The van der Waals surface area contributed by atoms with E-state index >= 15 is 0 Å². The van der Waals surface area contributed by atoms with Crippen LogP contribution in [-0.2, 0) is 17.7 Å². The zero-order valence-electron chi connectivity index (χ0n) is 17.9. The first-order valence-corrected chi connectivity index (χ1v) is 11.3. The molecule has 0 spiro atoms. The molecule has 4 nitrogen and oxygen atoms in total. The summed E-state index contributed by atoms with van der Waals surface area (Å²) in [6.07, 6.45) is 1.61. The van der Waals surface area contributed by atoms with Crippen LogP contribution in [-0.4, -0.2) is 14.8 Å². The molecular weight excluding hydrogens is 414 g/mol. The Balaban J connectivity index is 1.73. The first kappa shape index (κ1) is 22.4. The van der Waals surface area contributed by atoms with Crippen molar-refractivity contribution in [3.05, 3.63) is 83.2 Å². The highest BCUT2D eigenvalue weighted by molar-refractivity contribution is 7.98. The molecule has 0 saturated carbocycles. The number of hydrogen-bond donors (Lipinski definition) is 0. The van der Waals surface area contributed by atoms with Crippen molar-refractivity contribution in [2.24, 2.45) is 0 Å². The maximum Gasteiger partial charge on any atom is 0.191 e. The van der Waals surface area contributed by atoms with Crippen LogP contribution in [0.3, 0.4) is 0 Å². The Labute approximate surface area is 188 Å². The highest BCUT2D eigenvalue weighted by atomic mass is 35.5. The van der Waals surface area contributed by atoms with E-state index in [2.05, 4.69) is 60.3 Å². The molecule has 1 atom stereocenters. The largest absolute Gasteiger partial charge is 0.483 e. The van der Waals surface area contributed by atoms with Crippen molar-refractivity contribution in [1.82, 2.24) is 14.8 Å². The van der Waals surface area contributed by atoms with Crippen LogP contribution < -0.4 is 4.74 Å². The Morgan fingerprint density at radius 1 is 1.17 bits per heavy atom. The lowest BCUT2D eigenvalue weighted by atomic mass is 9.87. The van der Waals surface area contributed by atoms with E-state index in [0.717, 1.165) is 33.1 Å². The van der Waals surface area contributed by atoms with Gasteiger partial charge >= 0.3 is 0 Å². The first-order valence-electron chi connectivity index (χ1n) is 9.96. The summed E-state index contributed by atoms with van der Waals surface area (Å²) in [5.41, 5.74) is 2.53. The van der Waals surface area contributed by atoms with E-state index in [9.17, 15) is 0 Å². The monoisotopic (exact) mass is 441 g/mol. The highest BCUT2D eigenvalue weighted by Gasteiger charge is 2.20. The van der Waals surface area contributed by atoms with Gasteiger partial charge in [0, 0.05) is 17.3 Å². The van der Waals surface area contributed by atoms with Crippen molar-refractivity contribution in [2.75, 3.05) is 0 Å². The quantitative estimate of drug-likeness (QED) is 0.283. The van der Waals surface area contributed by atoms with Crippen LogP contribution in [0.5, 0.6) is 5.75 Å². The Morgan fingerprint density at radius 3 is 2.53 bits per heavy atom. The summed E-state index contributed by atoms with van der Waals surface area (Å²) in [6, 6.07) is 16.1. The van der Waals surface area contributed by atoms with Gasteiger partial charge in [-0.1, -0.05) is 74.5 Å². The van der Waals surface area contributed by atoms with Gasteiger partial charge in [-0.15, -0.1) is 16.8 Å². The molecule has 0 radical (unpaired) electrons. The molecule has 0 aliphatic rings. The zero-order chi connectivity index (χ0) is 21.7. The van der Waals surface area contributed by atoms with Crippen molar-refractivity contribution in [1.29, 1.82) is 0 Å². The van der Waals surface area contributed by atoms with Gasteiger partial charge in [-0.05, 0) is 47.7 Å². The molecule has 0 saturated heterocycles. The van der Waals surface area contributed by atoms with E-state index in [-0.39, 0.29) is 11.5 Å². The van der Waals surface area contributed by atoms with E-state index in [1.54, 1.807) is 11.8 Å². The van der Waals surface area contributed by atoms with Crippen LogP contribution in [0.4, 0.5) is 0 Å². The zero-order valence-corrected chi connectivity index (χ0v) is 19.5. The van der Waals surface area contributed by atoms with E-state index in [4.69, 9.17) is 16.3 Å². The van der Waals surface area contributed by atoms with Crippen molar-refractivity contribution in [3.8, 4) is 5.75 Å². The number of halogens is 1. The lowest BCUT2D eigenvalue weighted by molar-refractivity contribution is 0.210. The van der Waals surface area contributed by atoms with Gasteiger partial charge in [0.25, 0.3) is 0 Å². The second-order valence-electron chi connectivity index (χ2n) is 8.19. The second kappa shape index (κ2) is 9.71. The maximum atomic E-state index is 6.16. The Morgan fingerprint density at radius 2 is 1.90 bits per heavy atom. The fourth-order valence-corrected chi connectivity index (χ4v) is 4.18. The normalized spacial score (nSPS) is 12.6. The number of aromatic nitrogens is 3. The minimum atomic E-state index is -0.238. The summed E-state index contributed by atoms with van der Waals surface area (Å²) in [6.45, 7) is 13.1. The third-order valence-electron chi connectivity index (χ3n) is 4.71. The van der Waals surface area contributed by atoms with Crippen molar-refractivity contribution < 1.29 is 4.74 Å². The molecule has 3 aromatic rings. The molecule has 0 N–H and O–H groups in total. The Bertz CT molecular complexity index is 992. The summed E-state index contributed by atoms with van der Waals surface area (Å²) < 4.78 is 8.21. The molecule has 0 amide bonds. The number of allylic oxidation sites excluding steroid dienone is 1. The average Bonchev–Trinajstić information content (AvgIpc) is 3.09. The van der Waals surface area contributed by atoms with E-state index in [0.29, 0.717) is 6.54 Å². The predicted octanol–water partition coefficient (Wildman–Crippen LogP) is 6.85. The van der Waals surface area contributed by atoms with Crippen molar-refractivity contribution >= 4 is 23.4 Å². The van der Waals surface area contributed by atoms with Crippen LogP contribution in [0.15, 0.2) is 66.3 Å². The third-order valence-corrected chi connectivity index (χ3v) is 5.98. The summed E-state index contributed by atoms with van der Waals surface area (Å²) >= 11 is 7.72. The predicted molar refractivity (Wildman–Crippen MR) is 125 cm³/mol. The second-order valence-corrected chi connectivity index (χ2v) is 9.57. The van der Waals surface area contributed by atoms with Gasteiger partial charge in [0.05, 0.1) is 0 Å². The van der Waals surface area contributed by atoms with Gasteiger partial charge in [0.2, 0.25) is 0 Å². The topological polar surface area (TPSA) is 39.9 Å². The maximum absolute atomic E-state index is 6.16. The van der Waals surface area contributed by atoms with Gasteiger partial charge in [0.15, 0.2) is 17.1 Å². The molecule has 0 bridgehead atoms. The van der Waals surface area contributed by atoms with Gasteiger partial charge < -0.3 is 4.74 Å². The fourth-order valence-electron chi connectivity index (χ4n) is 3.07. The Hall–Kier alpha value is -2.24. The number of ether oxygens (including phenoxy) is 1. The molecule has 2 aromatic carbocycles. The highest BCUT2D eigenvalue weighted by Crippen LogP contribution is 2.29. The van der Waals surface area contributed by atoms with Gasteiger partial charge in [-0.2, -0.15) is 0 Å². The van der Waals surface area contributed by atoms with Crippen molar-refractivity contribution in [2.45, 2.75) is 56.7 Å². The summed E-state index contributed by atoms with van der Waals surface area (Å²) in [5.74, 6) is 2.36. The lowest BCUT2D eigenvalue weighted by Crippen LogP contribution is -2.13. The van der Waals surface area contributed by atoms with Crippen LogP contribution in [0.25, 0.3) is 0 Å². The van der Waals surface area contributed by atoms with Gasteiger partial charge in [-0.3, -0.25) is 4.57 Å². The number of thioether (sulfide) groups is 1. The molecule has 0 fully saturated rings. The minimum Gasteiger partial charge on any atom is -0.483 e. The minimum absolute atomic E-state index is 0.114. The molecule has 1 unspecified atom stereocenters. The molecule has 1 aromatic heterocycles. The number of rotatable bonds is 8. The summed E-state index contributed by atoms with van der Waals surface area (Å²) in [4.78, 5) is 0. The number of hydrogen-bond acceptors (Lipinski definition) is 4. The van der Waals surface area contributed by atoms with Crippen LogP contribution >= 0.6 is 23.4 Å². The summed E-state index contributed by atoms with van der Waals surface area (Å²) in [5, 5.41) is 10.4. The van der Waals surface area contributed by atoms with Gasteiger partial charge in [0.1, 0.15) is 5.75 Å². The average molecular weight is 442 g/mol. The molecule has 1 heterocycles. The molecular formula is C24H28ClN3OS. The molecule has 3 rings (SSSR count). The van der Waals surface area contributed by atoms with Crippen LogP contribution in [0.1, 0.15) is 50.8 Å². The standard InChI is InChI=1S/C24H28ClN3OS/c1-6-14-28-22(17(2)29-21-12-10-19(11-13-21)24(3,4)5)26-27-23(28)30-16-18-8-7-9-20(25)15-18/h6-13,15,17H,1,14,16H2,2-5H3. The molecule has 0 aliphatic carbocycles. The SMILES string of the molecule is C=CCn1c(SCc2cccc(Cl)c2)nnc1C(C)Oc1ccc(C(C)(C)C)cc1. The Kier molecular flexibility index (Phi) is 7.27. The molecule has 6 heteroatoms. The number of nitrogens with zero attached hydrogens (tertiary/aromatic N) is 3.